The third-order valence-corrected chi connectivity index (χ3v) is 2.05. The van der Waals surface area contributed by atoms with Crippen molar-refractivity contribution in [3.8, 4) is 0 Å². The molecule has 0 radical (unpaired) electrons. The summed E-state index contributed by atoms with van der Waals surface area (Å²) in [5.41, 5.74) is 0.638. The largest absolute Gasteiger partial charge is 0.339 e. The fourth-order valence-corrected chi connectivity index (χ4v) is 0.970. The molecule has 0 aliphatic carbocycles. The number of rotatable bonds is 2. The summed E-state index contributed by atoms with van der Waals surface area (Å²) in [6, 6.07) is 0.215. The third kappa shape index (κ3) is 2.08. The van der Waals surface area contributed by atoms with Crippen LogP contribution in [-0.4, -0.2) is 33.7 Å². The number of amides is 1. The number of hydrogen-bond donors (Lipinski definition) is 0. The average Bonchev–Trinajstić information content (AvgIpc) is 2.49. The smallest absolute Gasteiger partial charge is 0.257 e. The molecule has 0 saturated heterocycles. The van der Waals surface area contributed by atoms with E-state index in [2.05, 4.69) is 5.10 Å². The molecule has 0 aromatic carbocycles. The zero-order chi connectivity index (χ0) is 10.0. The first-order valence-corrected chi connectivity index (χ1v) is 4.28. The van der Waals surface area contributed by atoms with E-state index in [1.807, 2.05) is 13.8 Å². The molecule has 1 amide bonds. The molecule has 1 aromatic rings. The van der Waals surface area contributed by atoms with Crippen LogP contribution in [0.4, 0.5) is 0 Å². The first-order chi connectivity index (χ1) is 6.02. The van der Waals surface area contributed by atoms with Crippen molar-refractivity contribution < 1.29 is 4.79 Å². The highest BCUT2D eigenvalue weighted by atomic mass is 16.2. The standard InChI is InChI=1S/C9H15N3O/c1-7(2)12(4)9(13)8-5-10-11(3)6-8/h5-7H,1-4H3. The lowest BCUT2D eigenvalue weighted by molar-refractivity contribution is 0.0755. The molecule has 0 N–H and O–H groups in total. The minimum absolute atomic E-state index is 0.0168. The molecule has 0 unspecified atom stereocenters. The predicted octanol–water partition coefficient (Wildman–Crippen LogP) is 0.900. The monoisotopic (exact) mass is 181 g/mol. The van der Waals surface area contributed by atoms with Gasteiger partial charge in [0.15, 0.2) is 0 Å². The molecule has 0 spiro atoms. The molecular formula is C9H15N3O. The Morgan fingerprint density at radius 3 is 2.62 bits per heavy atom. The Bertz CT molecular complexity index is 304. The third-order valence-electron chi connectivity index (χ3n) is 2.05. The van der Waals surface area contributed by atoms with Gasteiger partial charge in [0.05, 0.1) is 11.8 Å². The zero-order valence-corrected chi connectivity index (χ0v) is 8.48. The van der Waals surface area contributed by atoms with Gasteiger partial charge in [0, 0.05) is 26.3 Å². The average molecular weight is 181 g/mol. The molecule has 1 heterocycles. The van der Waals surface area contributed by atoms with Gasteiger partial charge in [0.1, 0.15) is 0 Å². The Kier molecular flexibility index (Phi) is 2.70. The van der Waals surface area contributed by atoms with Crippen LogP contribution in [0.2, 0.25) is 0 Å². The molecule has 1 aromatic heterocycles. The maximum absolute atomic E-state index is 11.7. The summed E-state index contributed by atoms with van der Waals surface area (Å²) < 4.78 is 1.63. The van der Waals surface area contributed by atoms with Gasteiger partial charge in [-0.2, -0.15) is 5.10 Å². The molecule has 0 aliphatic heterocycles. The van der Waals surface area contributed by atoms with Crippen LogP contribution in [0.3, 0.4) is 0 Å². The molecule has 0 bridgehead atoms. The molecule has 13 heavy (non-hydrogen) atoms. The highest BCUT2D eigenvalue weighted by Gasteiger charge is 2.15. The Hall–Kier alpha value is -1.32. The summed E-state index contributed by atoms with van der Waals surface area (Å²) in [5, 5.41) is 3.95. The quantitative estimate of drug-likeness (QED) is 0.680. The van der Waals surface area contributed by atoms with Crippen LogP contribution >= 0.6 is 0 Å². The number of aromatic nitrogens is 2. The molecular weight excluding hydrogens is 166 g/mol. The minimum atomic E-state index is 0.0168. The summed E-state index contributed by atoms with van der Waals surface area (Å²) in [6.45, 7) is 3.96. The van der Waals surface area contributed by atoms with Crippen molar-refractivity contribution in [3.05, 3.63) is 18.0 Å². The summed E-state index contributed by atoms with van der Waals surface area (Å²) in [6.07, 6.45) is 3.31. The Morgan fingerprint density at radius 2 is 2.23 bits per heavy atom. The molecule has 0 saturated carbocycles. The second kappa shape index (κ2) is 3.60. The maximum Gasteiger partial charge on any atom is 0.257 e. The van der Waals surface area contributed by atoms with Crippen LogP contribution in [0.1, 0.15) is 24.2 Å². The van der Waals surface area contributed by atoms with Gasteiger partial charge in [-0.1, -0.05) is 0 Å². The van der Waals surface area contributed by atoms with E-state index in [0.717, 1.165) is 0 Å². The Balaban J connectivity index is 2.79. The normalized spacial score (nSPS) is 10.5. The van der Waals surface area contributed by atoms with Crippen LogP contribution in [0.15, 0.2) is 12.4 Å². The number of carbonyl (C=O) groups is 1. The topological polar surface area (TPSA) is 38.1 Å². The van der Waals surface area contributed by atoms with Crippen LogP contribution in [0.5, 0.6) is 0 Å². The van der Waals surface area contributed by atoms with Crippen molar-refractivity contribution in [1.29, 1.82) is 0 Å². The summed E-state index contributed by atoms with van der Waals surface area (Å²) in [5.74, 6) is 0.0168. The molecule has 0 aliphatic rings. The van der Waals surface area contributed by atoms with Crippen LogP contribution < -0.4 is 0 Å². The molecule has 1 rings (SSSR count). The van der Waals surface area contributed by atoms with Crippen LogP contribution in [0, 0.1) is 0 Å². The fraction of sp³-hybridized carbons (Fsp3) is 0.556. The van der Waals surface area contributed by atoms with Gasteiger partial charge in [-0.15, -0.1) is 0 Å². The van der Waals surface area contributed by atoms with E-state index < -0.39 is 0 Å². The Labute approximate surface area is 78.1 Å². The SMILES string of the molecule is CC(C)N(C)C(=O)c1cnn(C)c1. The van der Waals surface area contributed by atoms with Crippen LogP contribution in [-0.2, 0) is 7.05 Å². The lowest BCUT2D eigenvalue weighted by Crippen LogP contribution is -2.32. The second-order valence-electron chi connectivity index (χ2n) is 3.41. The summed E-state index contributed by atoms with van der Waals surface area (Å²) in [4.78, 5) is 13.4. The first kappa shape index (κ1) is 9.77. The molecule has 4 nitrogen and oxygen atoms in total. The van der Waals surface area contributed by atoms with Gasteiger partial charge in [-0.3, -0.25) is 9.48 Å². The summed E-state index contributed by atoms with van der Waals surface area (Å²) >= 11 is 0. The van der Waals surface area contributed by atoms with Crippen molar-refractivity contribution in [1.82, 2.24) is 14.7 Å². The van der Waals surface area contributed by atoms with Gasteiger partial charge < -0.3 is 4.90 Å². The lowest BCUT2D eigenvalue weighted by Gasteiger charge is -2.20. The van der Waals surface area contributed by atoms with E-state index in [1.54, 1.807) is 36.1 Å². The highest BCUT2D eigenvalue weighted by molar-refractivity contribution is 5.93. The lowest BCUT2D eigenvalue weighted by atomic mass is 10.2. The van der Waals surface area contributed by atoms with Gasteiger partial charge in [-0.25, -0.2) is 0 Å². The minimum Gasteiger partial charge on any atom is -0.339 e. The fourth-order valence-electron chi connectivity index (χ4n) is 0.970. The highest BCUT2D eigenvalue weighted by Crippen LogP contribution is 2.04. The number of carbonyl (C=O) groups excluding carboxylic acids is 1. The molecule has 72 valence electrons. The predicted molar refractivity (Wildman–Crippen MR) is 50.4 cm³/mol. The first-order valence-electron chi connectivity index (χ1n) is 4.28. The molecule has 4 heteroatoms. The van der Waals surface area contributed by atoms with E-state index in [-0.39, 0.29) is 11.9 Å². The zero-order valence-electron chi connectivity index (χ0n) is 8.48. The van der Waals surface area contributed by atoms with Crippen molar-refractivity contribution >= 4 is 5.91 Å². The maximum atomic E-state index is 11.7. The van der Waals surface area contributed by atoms with E-state index >= 15 is 0 Å². The van der Waals surface area contributed by atoms with Gasteiger partial charge >= 0.3 is 0 Å². The van der Waals surface area contributed by atoms with E-state index in [9.17, 15) is 4.79 Å². The number of nitrogens with zero attached hydrogens (tertiary/aromatic N) is 3. The van der Waals surface area contributed by atoms with Gasteiger partial charge in [0.25, 0.3) is 5.91 Å². The van der Waals surface area contributed by atoms with E-state index in [0.29, 0.717) is 5.56 Å². The second-order valence-corrected chi connectivity index (χ2v) is 3.41. The van der Waals surface area contributed by atoms with Crippen molar-refractivity contribution in [2.45, 2.75) is 19.9 Å². The number of hydrogen-bond acceptors (Lipinski definition) is 2. The van der Waals surface area contributed by atoms with Gasteiger partial charge in [-0.05, 0) is 13.8 Å². The van der Waals surface area contributed by atoms with E-state index in [1.165, 1.54) is 0 Å². The van der Waals surface area contributed by atoms with Crippen molar-refractivity contribution in [2.24, 2.45) is 7.05 Å². The van der Waals surface area contributed by atoms with Crippen molar-refractivity contribution in [3.63, 3.8) is 0 Å². The van der Waals surface area contributed by atoms with Crippen molar-refractivity contribution in [2.75, 3.05) is 7.05 Å². The van der Waals surface area contributed by atoms with Crippen LogP contribution in [0.25, 0.3) is 0 Å². The summed E-state index contributed by atoms with van der Waals surface area (Å²) in [7, 11) is 3.59. The Morgan fingerprint density at radius 1 is 1.62 bits per heavy atom. The van der Waals surface area contributed by atoms with Gasteiger partial charge in [0.2, 0.25) is 0 Å². The molecule has 0 fully saturated rings. The molecule has 0 atom stereocenters. The van der Waals surface area contributed by atoms with E-state index in [4.69, 9.17) is 0 Å². The number of aryl methyl sites for hydroxylation is 1.